The second kappa shape index (κ2) is 9.54. The lowest BCUT2D eigenvalue weighted by Gasteiger charge is -2.04. The van der Waals surface area contributed by atoms with Crippen LogP contribution in [0.2, 0.25) is 5.02 Å². The van der Waals surface area contributed by atoms with Gasteiger partial charge in [-0.25, -0.2) is 4.39 Å². The number of halogens is 3. The van der Waals surface area contributed by atoms with E-state index >= 15 is 0 Å². The van der Waals surface area contributed by atoms with Crippen molar-refractivity contribution in [1.82, 2.24) is 0 Å². The van der Waals surface area contributed by atoms with Gasteiger partial charge >= 0.3 is 0 Å². The standard InChI is InChI=1S/C21H17BrClFO3S/c1-2-3-20-16(22)11-21(28-20)19(25)9-7-13-4-5-15(27-13)12-26-14-6-8-18(24)17(23)10-14/h4-11H,2-3,12H2,1H3/b9-7+. The molecule has 3 nitrogen and oxygen atoms in total. The summed E-state index contributed by atoms with van der Waals surface area (Å²) < 4.78 is 25.3. The zero-order chi connectivity index (χ0) is 20.1. The van der Waals surface area contributed by atoms with Gasteiger partial charge in [-0.05, 0) is 64.8 Å². The predicted molar refractivity (Wildman–Crippen MR) is 114 cm³/mol. The van der Waals surface area contributed by atoms with Gasteiger partial charge < -0.3 is 9.15 Å². The minimum Gasteiger partial charge on any atom is -0.486 e. The molecule has 0 bridgehead atoms. The first kappa shape index (κ1) is 20.8. The highest BCUT2D eigenvalue weighted by Gasteiger charge is 2.11. The maximum atomic E-state index is 13.2. The van der Waals surface area contributed by atoms with E-state index < -0.39 is 5.82 Å². The molecule has 0 N–H and O–H groups in total. The number of carbonyl (C=O) groups is 1. The Labute approximate surface area is 179 Å². The lowest BCUT2D eigenvalue weighted by atomic mass is 10.2. The second-order valence-corrected chi connectivity index (χ2v) is 8.40. The van der Waals surface area contributed by atoms with Crippen LogP contribution < -0.4 is 4.74 Å². The fraction of sp³-hybridized carbons (Fsp3) is 0.190. The molecule has 3 rings (SSSR count). The number of rotatable bonds is 8. The molecule has 28 heavy (non-hydrogen) atoms. The van der Waals surface area contributed by atoms with Crippen molar-refractivity contribution in [3.05, 3.63) is 79.1 Å². The first-order valence-electron chi connectivity index (χ1n) is 8.63. The van der Waals surface area contributed by atoms with Crippen molar-refractivity contribution >= 4 is 50.7 Å². The van der Waals surface area contributed by atoms with Gasteiger partial charge in [0.1, 0.15) is 29.7 Å². The van der Waals surface area contributed by atoms with E-state index in [1.807, 2.05) is 6.07 Å². The summed E-state index contributed by atoms with van der Waals surface area (Å²) in [6.07, 6.45) is 5.11. The highest BCUT2D eigenvalue weighted by atomic mass is 79.9. The van der Waals surface area contributed by atoms with Crippen molar-refractivity contribution in [1.29, 1.82) is 0 Å². The van der Waals surface area contributed by atoms with Gasteiger partial charge in [0.05, 0.1) is 9.90 Å². The molecule has 2 heterocycles. The highest BCUT2D eigenvalue weighted by molar-refractivity contribution is 9.10. The van der Waals surface area contributed by atoms with Gasteiger partial charge in [0.2, 0.25) is 0 Å². The van der Waals surface area contributed by atoms with Crippen molar-refractivity contribution in [2.45, 2.75) is 26.4 Å². The van der Waals surface area contributed by atoms with Gasteiger partial charge in [-0.15, -0.1) is 11.3 Å². The van der Waals surface area contributed by atoms with Crippen molar-refractivity contribution in [2.75, 3.05) is 0 Å². The largest absolute Gasteiger partial charge is 0.486 e. The molecule has 0 radical (unpaired) electrons. The van der Waals surface area contributed by atoms with Gasteiger partial charge in [0.25, 0.3) is 0 Å². The maximum absolute atomic E-state index is 13.2. The summed E-state index contributed by atoms with van der Waals surface area (Å²) >= 11 is 10.7. The Morgan fingerprint density at radius 2 is 2.14 bits per heavy atom. The normalized spacial score (nSPS) is 11.3. The second-order valence-electron chi connectivity index (χ2n) is 6.00. The molecule has 0 amide bonds. The Balaban J connectivity index is 1.59. The zero-order valence-electron chi connectivity index (χ0n) is 15.0. The first-order chi connectivity index (χ1) is 13.5. The topological polar surface area (TPSA) is 39.4 Å². The number of carbonyl (C=O) groups excluding carboxylic acids is 1. The van der Waals surface area contributed by atoms with E-state index in [9.17, 15) is 9.18 Å². The number of ketones is 1. The van der Waals surface area contributed by atoms with Crippen LogP contribution in [0.5, 0.6) is 5.75 Å². The average molecular weight is 484 g/mol. The van der Waals surface area contributed by atoms with E-state index in [4.69, 9.17) is 20.8 Å². The van der Waals surface area contributed by atoms with E-state index in [2.05, 4.69) is 22.9 Å². The lowest BCUT2D eigenvalue weighted by Crippen LogP contribution is -1.94. The molecule has 1 aromatic carbocycles. The quantitative estimate of drug-likeness (QED) is 0.249. The van der Waals surface area contributed by atoms with Crippen molar-refractivity contribution in [2.24, 2.45) is 0 Å². The molecular weight excluding hydrogens is 467 g/mol. The summed E-state index contributed by atoms with van der Waals surface area (Å²) in [5, 5.41) is 0.00128. The van der Waals surface area contributed by atoms with Crippen molar-refractivity contribution < 1.29 is 18.3 Å². The van der Waals surface area contributed by atoms with Gasteiger partial charge in [0, 0.05) is 15.4 Å². The Kier molecular flexibility index (Phi) is 7.10. The molecule has 0 aliphatic rings. The van der Waals surface area contributed by atoms with Crippen LogP contribution in [0, 0.1) is 5.82 Å². The molecule has 0 aliphatic heterocycles. The SMILES string of the molecule is CCCc1sc(C(=O)/C=C/c2ccc(COc3ccc(F)c(Cl)c3)o2)cc1Br. The average Bonchev–Trinajstić information content (AvgIpc) is 3.28. The third kappa shape index (κ3) is 5.34. The van der Waals surface area contributed by atoms with Crippen LogP contribution in [0.15, 0.2) is 51.4 Å². The van der Waals surface area contributed by atoms with Gasteiger partial charge in [-0.1, -0.05) is 24.9 Å². The number of furan rings is 1. The molecule has 7 heteroatoms. The Morgan fingerprint density at radius 3 is 2.89 bits per heavy atom. The molecule has 2 aromatic heterocycles. The molecule has 0 atom stereocenters. The van der Waals surface area contributed by atoms with Gasteiger partial charge in [-0.3, -0.25) is 4.79 Å². The molecule has 146 valence electrons. The molecule has 0 fully saturated rings. The minimum atomic E-state index is -0.497. The number of allylic oxidation sites excluding steroid dienone is 1. The third-order valence-corrected chi connectivity index (χ3v) is 6.30. The van der Waals surface area contributed by atoms with E-state index in [-0.39, 0.29) is 17.4 Å². The summed E-state index contributed by atoms with van der Waals surface area (Å²) in [5.74, 6) is 1.01. The summed E-state index contributed by atoms with van der Waals surface area (Å²) in [4.78, 5) is 14.2. The monoisotopic (exact) mass is 482 g/mol. The molecular formula is C21H17BrClFO3S. The third-order valence-electron chi connectivity index (χ3n) is 3.83. The van der Waals surface area contributed by atoms with Crippen LogP contribution in [-0.2, 0) is 13.0 Å². The van der Waals surface area contributed by atoms with E-state index in [0.717, 1.165) is 17.3 Å². The zero-order valence-corrected chi connectivity index (χ0v) is 18.2. The van der Waals surface area contributed by atoms with Crippen LogP contribution in [-0.4, -0.2) is 5.78 Å². The first-order valence-corrected chi connectivity index (χ1v) is 10.6. The highest BCUT2D eigenvalue weighted by Crippen LogP contribution is 2.29. The minimum absolute atomic E-state index is 0.00128. The number of benzene rings is 1. The summed E-state index contributed by atoms with van der Waals surface area (Å²) in [5.41, 5.74) is 0. The molecule has 0 saturated heterocycles. The summed E-state index contributed by atoms with van der Waals surface area (Å²) in [7, 11) is 0. The van der Waals surface area contributed by atoms with Crippen LogP contribution in [0.4, 0.5) is 4.39 Å². The number of thiophene rings is 1. The van der Waals surface area contributed by atoms with E-state index in [0.29, 0.717) is 22.1 Å². The van der Waals surface area contributed by atoms with Crippen LogP contribution in [0.1, 0.15) is 39.4 Å². The Hall–Kier alpha value is -1.89. The van der Waals surface area contributed by atoms with Crippen molar-refractivity contribution in [3.8, 4) is 5.75 Å². The molecule has 0 saturated carbocycles. The fourth-order valence-electron chi connectivity index (χ4n) is 2.45. The predicted octanol–water partition coefficient (Wildman–Crippen LogP) is 7.32. The van der Waals surface area contributed by atoms with Crippen LogP contribution in [0.3, 0.4) is 0 Å². The van der Waals surface area contributed by atoms with Crippen molar-refractivity contribution in [3.63, 3.8) is 0 Å². The number of hydrogen-bond donors (Lipinski definition) is 0. The lowest BCUT2D eigenvalue weighted by molar-refractivity contribution is 0.105. The molecule has 3 aromatic rings. The number of hydrogen-bond acceptors (Lipinski definition) is 4. The van der Waals surface area contributed by atoms with Gasteiger partial charge in [0.15, 0.2) is 5.78 Å². The number of aryl methyl sites for hydroxylation is 1. The summed E-state index contributed by atoms with van der Waals surface area (Å²) in [6, 6.07) is 9.52. The Bertz CT molecular complexity index is 1010. The molecule has 0 spiro atoms. The Morgan fingerprint density at radius 1 is 1.32 bits per heavy atom. The fourth-order valence-corrected chi connectivity index (χ4v) is 4.51. The van der Waals surface area contributed by atoms with Crippen LogP contribution >= 0.6 is 38.9 Å². The van der Waals surface area contributed by atoms with Crippen LogP contribution in [0.25, 0.3) is 6.08 Å². The molecule has 0 aliphatic carbocycles. The van der Waals surface area contributed by atoms with E-state index in [1.54, 1.807) is 18.2 Å². The molecule has 0 unspecified atom stereocenters. The van der Waals surface area contributed by atoms with Gasteiger partial charge in [-0.2, -0.15) is 0 Å². The smallest absolute Gasteiger partial charge is 0.195 e. The number of ether oxygens (including phenoxy) is 1. The van der Waals surface area contributed by atoms with E-state index in [1.165, 1.54) is 40.5 Å². The summed E-state index contributed by atoms with van der Waals surface area (Å²) in [6.45, 7) is 2.28. The maximum Gasteiger partial charge on any atom is 0.195 e.